The molecule has 2 aromatic rings. The van der Waals surface area contributed by atoms with Crippen molar-refractivity contribution in [2.24, 2.45) is 5.16 Å². The molecule has 0 aliphatic carbocycles. The number of nitrogens with one attached hydrogen (secondary N) is 3. The third kappa shape index (κ3) is 6.30. The average Bonchev–Trinajstić information content (AvgIpc) is 3.26. The van der Waals surface area contributed by atoms with Crippen LogP contribution in [0.4, 0.5) is 5.13 Å². The molecule has 20 heteroatoms. The molecule has 0 bridgehead atoms. The number of oxime groups is 1. The Bertz CT molecular complexity index is 1530. The smallest absolute Gasteiger partial charge is 0.362 e. The Balaban J connectivity index is 1.84. The van der Waals surface area contributed by atoms with E-state index in [0.717, 1.165) is 37.4 Å². The van der Waals surface area contributed by atoms with Crippen LogP contribution in [0, 0.1) is 0 Å². The summed E-state index contributed by atoms with van der Waals surface area (Å²) in [5.74, 6) is -5.46. The zero-order valence-corrected chi connectivity index (χ0v) is 21.6. The van der Waals surface area contributed by atoms with Crippen molar-refractivity contribution in [2.75, 3.05) is 12.3 Å². The highest BCUT2D eigenvalue weighted by molar-refractivity contribution is 7.84. The number of aromatic nitrogens is 2. The number of nitrogen functional groups attached to an aromatic ring is 1. The fourth-order valence-corrected chi connectivity index (χ4v) is 4.49. The lowest BCUT2D eigenvalue weighted by Crippen LogP contribution is -2.74. The second-order valence-electron chi connectivity index (χ2n) is 8.35. The number of carbonyl (C=O) groups is 4. The standard InChI is InChI=1S/C19H21N7O11S2/c1-19(2,17(32)33)37-25-12(8-6-38-18(20)23-8)15(30)24-13-9(26(16(13)31)39(34,35)36)4-22-14(29)7-3-10(27)11(28)5-21-7/h3,5-6,9,13,28H,4H2,1-2H3,(H2,20,23)(H,21,27)(H,22,29)(H,24,30)(H,32,33)(H,34,35,36)/t9-,13-/m0/s1. The van der Waals surface area contributed by atoms with E-state index in [-0.39, 0.29) is 20.8 Å². The number of carbonyl (C=O) groups excluding carboxylic acids is 3. The number of pyridine rings is 1. The van der Waals surface area contributed by atoms with Crippen molar-refractivity contribution in [1.82, 2.24) is 24.9 Å². The van der Waals surface area contributed by atoms with Crippen LogP contribution < -0.4 is 21.8 Å². The van der Waals surface area contributed by atoms with Crippen LogP contribution in [0.2, 0.25) is 0 Å². The largest absolute Gasteiger partial charge is 0.503 e. The van der Waals surface area contributed by atoms with Crippen molar-refractivity contribution >= 4 is 56.2 Å². The molecule has 0 radical (unpaired) electrons. The van der Waals surface area contributed by atoms with Gasteiger partial charge in [0.15, 0.2) is 16.6 Å². The molecular weight excluding hydrogens is 566 g/mol. The van der Waals surface area contributed by atoms with Crippen molar-refractivity contribution in [3.8, 4) is 5.75 Å². The molecule has 3 heterocycles. The number of thiazole rings is 1. The Hall–Kier alpha value is -4.56. The van der Waals surface area contributed by atoms with Gasteiger partial charge in [0, 0.05) is 24.2 Å². The third-order valence-corrected chi connectivity index (χ3v) is 6.79. The Morgan fingerprint density at radius 1 is 1.33 bits per heavy atom. The van der Waals surface area contributed by atoms with Gasteiger partial charge in [-0.15, -0.1) is 11.3 Å². The average molecular weight is 588 g/mol. The second kappa shape index (κ2) is 10.7. The van der Waals surface area contributed by atoms with E-state index in [9.17, 15) is 47.2 Å². The van der Waals surface area contributed by atoms with Gasteiger partial charge in [-0.05, 0) is 13.8 Å². The first-order chi connectivity index (χ1) is 18.0. The zero-order chi connectivity index (χ0) is 29.3. The van der Waals surface area contributed by atoms with E-state index in [0.29, 0.717) is 0 Å². The number of aliphatic carboxylic acids is 1. The Labute approximate surface area is 222 Å². The van der Waals surface area contributed by atoms with Crippen LogP contribution in [-0.4, -0.2) is 91.1 Å². The minimum atomic E-state index is -5.12. The van der Waals surface area contributed by atoms with Gasteiger partial charge in [0.2, 0.25) is 11.0 Å². The van der Waals surface area contributed by atoms with E-state index < -0.39 is 75.1 Å². The molecule has 0 saturated carbocycles. The number of hydrogen-bond donors (Lipinski definition) is 7. The quantitative estimate of drug-likeness (QED) is 0.0663. The molecule has 18 nitrogen and oxygen atoms in total. The summed E-state index contributed by atoms with van der Waals surface area (Å²) >= 11 is 0.902. The van der Waals surface area contributed by atoms with Gasteiger partial charge in [0.05, 0.1) is 6.04 Å². The number of rotatable bonds is 10. The van der Waals surface area contributed by atoms with Gasteiger partial charge >= 0.3 is 16.3 Å². The van der Waals surface area contributed by atoms with E-state index in [1.54, 1.807) is 0 Å². The van der Waals surface area contributed by atoms with Gasteiger partial charge in [-0.1, -0.05) is 5.16 Å². The number of carboxylic acid groups (broad SMARTS) is 1. The lowest BCUT2D eigenvalue weighted by Gasteiger charge is -2.44. The predicted molar refractivity (Wildman–Crippen MR) is 131 cm³/mol. The number of aromatic amines is 1. The molecule has 2 aromatic heterocycles. The van der Waals surface area contributed by atoms with Crippen LogP contribution in [0.15, 0.2) is 27.6 Å². The first-order valence-corrected chi connectivity index (χ1v) is 12.8. The normalized spacial score (nSPS) is 17.8. The highest BCUT2D eigenvalue weighted by atomic mass is 32.2. The maximum atomic E-state index is 13.0. The van der Waals surface area contributed by atoms with Crippen molar-refractivity contribution in [3.63, 3.8) is 0 Å². The molecule has 3 rings (SSSR count). The van der Waals surface area contributed by atoms with E-state index in [1.807, 2.05) is 0 Å². The maximum absolute atomic E-state index is 13.0. The summed E-state index contributed by atoms with van der Waals surface area (Å²) in [5.41, 5.74) is 1.72. The lowest BCUT2D eigenvalue weighted by atomic mass is 9.98. The second-order valence-corrected chi connectivity index (χ2v) is 10.5. The van der Waals surface area contributed by atoms with Gasteiger partial charge in [-0.2, -0.15) is 8.42 Å². The van der Waals surface area contributed by atoms with Gasteiger partial charge in [-0.3, -0.25) is 23.7 Å². The van der Waals surface area contributed by atoms with Gasteiger partial charge in [0.25, 0.3) is 17.7 Å². The highest BCUT2D eigenvalue weighted by Crippen LogP contribution is 2.24. The molecule has 0 aromatic carbocycles. The van der Waals surface area contributed by atoms with Gasteiger partial charge < -0.3 is 36.4 Å². The fraction of sp³-hybridized carbons (Fsp3) is 0.316. The number of nitrogens with two attached hydrogens (primary N) is 1. The number of nitrogens with zero attached hydrogens (tertiary/aromatic N) is 3. The molecule has 3 amide bonds. The van der Waals surface area contributed by atoms with Crippen LogP contribution in [0.3, 0.4) is 0 Å². The summed E-state index contributed by atoms with van der Waals surface area (Å²) in [6, 6.07) is -2.41. The summed E-state index contributed by atoms with van der Waals surface area (Å²) in [7, 11) is -5.12. The Kier molecular flexibility index (Phi) is 7.93. The summed E-state index contributed by atoms with van der Waals surface area (Å²) in [4.78, 5) is 72.0. The topological polar surface area (TPSA) is 284 Å². The van der Waals surface area contributed by atoms with Crippen LogP contribution >= 0.6 is 11.3 Å². The molecule has 2 atom stereocenters. The van der Waals surface area contributed by atoms with Crippen molar-refractivity contribution in [2.45, 2.75) is 31.5 Å². The molecule has 1 fully saturated rings. The number of aromatic hydroxyl groups is 1. The van der Waals surface area contributed by atoms with Gasteiger partial charge in [0.1, 0.15) is 17.4 Å². The molecule has 8 N–H and O–H groups in total. The number of amides is 3. The number of hydrogen-bond acceptors (Lipinski definition) is 13. The van der Waals surface area contributed by atoms with E-state index in [4.69, 9.17) is 10.6 Å². The summed E-state index contributed by atoms with van der Waals surface area (Å²) in [6.45, 7) is 1.64. The molecule has 39 heavy (non-hydrogen) atoms. The molecule has 1 aliphatic heterocycles. The molecule has 210 valence electrons. The first kappa shape index (κ1) is 29.0. The molecular formula is C19H21N7O11S2. The summed E-state index contributed by atoms with van der Waals surface area (Å²) < 4.78 is 32.9. The Morgan fingerprint density at radius 3 is 2.54 bits per heavy atom. The Morgan fingerprint density at radius 2 is 2.00 bits per heavy atom. The maximum Gasteiger partial charge on any atom is 0.362 e. The monoisotopic (exact) mass is 587 g/mol. The first-order valence-electron chi connectivity index (χ1n) is 10.6. The number of H-pyrrole nitrogens is 1. The van der Waals surface area contributed by atoms with E-state index in [1.165, 1.54) is 5.38 Å². The lowest BCUT2D eigenvalue weighted by molar-refractivity contribution is -0.161. The summed E-state index contributed by atoms with van der Waals surface area (Å²) in [6.07, 6.45) is 0.845. The minimum Gasteiger partial charge on any atom is -0.503 e. The van der Waals surface area contributed by atoms with Crippen molar-refractivity contribution in [1.29, 1.82) is 0 Å². The molecule has 1 saturated heterocycles. The van der Waals surface area contributed by atoms with E-state index in [2.05, 4.69) is 25.8 Å². The highest BCUT2D eigenvalue weighted by Gasteiger charge is 2.54. The molecule has 0 spiro atoms. The van der Waals surface area contributed by atoms with Crippen LogP contribution in [-0.2, 0) is 29.5 Å². The predicted octanol–water partition coefficient (Wildman–Crippen LogP) is -2.37. The third-order valence-electron chi connectivity index (χ3n) is 5.17. The van der Waals surface area contributed by atoms with Crippen LogP contribution in [0.1, 0.15) is 30.0 Å². The van der Waals surface area contributed by atoms with Crippen molar-refractivity contribution < 1.29 is 47.2 Å². The fourth-order valence-electron chi connectivity index (χ4n) is 3.06. The van der Waals surface area contributed by atoms with Gasteiger partial charge in [-0.25, -0.2) is 14.1 Å². The summed E-state index contributed by atoms with van der Waals surface area (Å²) in [5, 5.41) is 27.8. The molecule has 0 unspecified atom stereocenters. The number of carboxylic acids is 1. The number of β-lactam (4-membered cyclic amide) rings is 1. The van der Waals surface area contributed by atoms with Crippen LogP contribution in [0.5, 0.6) is 5.75 Å². The molecule has 1 aliphatic rings. The zero-order valence-electron chi connectivity index (χ0n) is 19.9. The van der Waals surface area contributed by atoms with Crippen molar-refractivity contribution in [3.05, 3.63) is 39.3 Å². The SMILES string of the molecule is CC(C)(ON=C(C(=O)N[C@@H]1C(=O)N(S(=O)(=O)O)[C@H]1CNC(=O)c1cc(=O)c(O)c[nH]1)c1csc(N)n1)C(=O)O. The number of anilines is 1. The minimum absolute atomic E-state index is 0.00752. The van der Waals surface area contributed by atoms with E-state index >= 15 is 0 Å². The van der Waals surface area contributed by atoms with Crippen LogP contribution in [0.25, 0.3) is 0 Å².